The number of fused-ring (bicyclic) bond motifs is 2. The summed E-state index contributed by atoms with van der Waals surface area (Å²) in [4.78, 5) is 15.1. The van der Waals surface area contributed by atoms with Gasteiger partial charge >= 0.3 is 5.97 Å². The number of carbonyl (C=O) groups excluding carboxylic acids is 1. The molecule has 8 aromatic rings. The molecule has 0 fully saturated rings. The molecular weight excluding hydrogens is 797 g/mol. The van der Waals surface area contributed by atoms with Gasteiger partial charge < -0.3 is 14.9 Å². The van der Waals surface area contributed by atoms with Gasteiger partial charge in [-0.2, -0.15) is 0 Å². The Labute approximate surface area is 376 Å². The van der Waals surface area contributed by atoms with E-state index in [4.69, 9.17) is 4.74 Å². The first kappa shape index (κ1) is 45.2. The van der Waals surface area contributed by atoms with Crippen LogP contribution in [0.2, 0.25) is 0 Å². The van der Waals surface area contributed by atoms with E-state index >= 15 is 0 Å². The number of unbranched alkanes of at least 4 members (excludes halogenated alkanes) is 5. The Balaban J connectivity index is 0.000000193. The summed E-state index contributed by atoms with van der Waals surface area (Å²) in [6.07, 6.45) is 7.87. The SMILES string of the molecule is CC(C)(c1ccccc1)c1cc(-n2nc3ccccc3n2)c(O)c(C(C)(C)c2ccccc2)c1.CCCCCCCCOC(=O)CCc1cc(C)c(O)c(-n2nc3ccccc3n2)c1. The zero-order valence-corrected chi connectivity index (χ0v) is 38.0. The summed E-state index contributed by atoms with van der Waals surface area (Å²) in [7, 11) is 0. The predicted molar refractivity (Wildman–Crippen MR) is 256 cm³/mol. The van der Waals surface area contributed by atoms with Crippen LogP contribution in [0.15, 0.2) is 133 Å². The first-order valence-corrected chi connectivity index (χ1v) is 22.5. The number of aromatic hydroxyl groups is 2. The average molecular weight is 857 g/mol. The van der Waals surface area contributed by atoms with E-state index in [1.165, 1.54) is 36.0 Å². The minimum atomic E-state index is -0.435. The van der Waals surface area contributed by atoms with Crippen LogP contribution < -0.4 is 0 Å². The van der Waals surface area contributed by atoms with E-state index in [1.54, 1.807) is 4.80 Å². The number of carbonyl (C=O) groups is 1. The molecule has 0 aliphatic carbocycles. The Hall–Kier alpha value is -6.81. The van der Waals surface area contributed by atoms with Gasteiger partial charge in [0.15, 0.2) is 0 Å². The van der Waals surface area contributed by atoms with Crippen LogP contribution in [-0.2, 0) is 26.8 Å². The second-order valence-electron chi connectivity index (χ2n) is 17.6. The van der Waals surface area contributed by atoms with Gasteiger partial charge in [0.2, 0.25) is 0 Å². The van der Waals surface area contributed by atoms with Gasteiger partial charge in [-0.1, -0.05) is 164 Å². The standard InChI is InChI=1S/C30H29N3O.C24H31N3O3/c1-29(2,21-13-7-5-8-14-21)23-19-24(30(3,4)22-15-9-6-10-16-22)28(34)27(20-23)33-31-25-17-11-12-18-26(25)32-33;1-3-4-5-6-7-10-15-30-23(28)14-13-19-16-18(2)24(29)22(17-19)27-25-20-11-8-9-12-21(20)26-27/h5-20,34H,1-4H3;8-9,11-12,16-17,29H,3-7,10,13-15H2,1-2H3. The minimum Gasteiger partial charge on any atom is -0.505 e. The lowest BCUT2D eigenvalue weighted by atomic mass is 9.72. The van der Waals surface area contributed by atoms with Crippen molar-refractivity contribution >= 4 is 28.0 Å². The van der Waals surface area contributed by atoms with Crippen LogP contribution in [0.3, 0.4) is 0 Å². The van der Waals surface area contributed by atoms with Gasteiger partial charge in [-0.15, -0.1) is 30.0 Å². The molecule has 0 unspecified atom stereocenters. The highest BCUT2D eigenvalue weighted by atomic mass is 16.5. The molecule has 0 aliphatic heterocycles. The number of esters is 1. The summed E-state index contributed by atoms with van der Waals surface area (Å²) in [5.74, 6) is 0.158. The average Bonchev–Trinajstić information content (AvgIpc) is 3.95. The summed E-state index contributed by atoms with van der Waals surface area (Å²) in [5.41, 5.74) is 9.41. The Morgan fingerprint density at radius 3 is 1.56 bits per heavy atom. The number of benzene rings is 6. The Bertz CT molecular complexity index is 2740. The van der Waals surface area contributed by atoms with Crippen LogP contribution in [0, 0.1) is 6.92 Å². The largest absolute Gasteiger partial charge is 0.505 e. The molecule has 0 saturated carbocycles. The van der Waals surface area contributed by atoms with Crippen LogP contribution >= 0.6 is 0 Å². The second-order valence-corrected chi connectivity index (χ2v) is 17.6. The molecule has 330 valence electrons. The van der Waals surface area contributed by atoms with Crippen LogP contribution in [0.5, 0.6) is 11.5 Å². The fourth-order valence-electron chi connectivity index (χ4n) is 8.09. The van der Waals surface area contributed by atoms with Gasteiger partial charge in [-0.05, 0) is 84.0 Å². The monoisotopic (exact) mass is 856 g/mol. The lowest BCUT2D eigenvalue weighted by molar-refractivity contribution is -0.143. The summed E-state index contributed by atoms with van der Waals surface area (Å²) < 4.78 is 5.36. The first-order valence-electron chi connectivity index (χ1n) is 22.5. The molecule has 6 aromatic carbocycles. The number of nitrogens with zero attached hydrogens (tertiary/aromatic N) is 6. The van der Waals surface area contributed by atoms with Crippen LogP contribution in [-0.4, -0.2) is 52.8 Å². The number of ether oxygens (including phenoxy) is 1. The quantitative estimate of drug-likeness (QED) is 0.0726. The number of rotatable bonds is 16. The fraction of sp³-hybridized carbons (Fsp3) is 0.315. The Kier molecular flexibility index (Phi) is 14.2. The van der Waals surface area contributed by atoms with Gasteiger partial charge in [-0.25, -0.2) is 0 Å². The number of hydrogen-bond acceptors (Lipinski definition) is 8. The molecule has 0 amide bonds. The van der Waals surface area contributed by atoms with Crippen LogP contribution in [0.25, 0.3) is 33.4 Å². The summed E-state index contributed by atoms with van der Waals surface area (Å²) in [6, 6.07) is 44.0. The molecule has 0 bridgehead atoms. The number of phenolic OH excluding ortho intramolecular Hbond substituents is 2. The van der Waals surface area contributed by atoms with Crippen molar-refractivity contribution in [3.63, 3.8) is 0 Å². The van der Waals surface area contributed by atoms with Crippen molar-refractivity contribution in [2.45, 2.75) is 104 Å². The normalized spacial score (nSPS) is 11.7. The van der Waals surface area contributed by atoms with Gasteiger partial charge in [-0.3, -0.25) is 4.79 Å². The number of aryl methyl sites for hydroxylation is 2. The number of aromatic nitrogens is 6. The van der Waals surface area contributed by atoms with Crippen LogP contribution in [0.1, 0.15) is 113 Å². The number of phenols is 2. The molecule has 2 N–H and O–H groups in total. The summed E-state index contributed by atoms with van der Waals surface area (Å²) in [6.45, 7) is 13.3. The maximum atomic E-state index is 12.1. The third kappa shape index (κ3) is 10.3. The van der Waals surface area contributed by atoms with E-state index in [2.05, 4.69) is 97.5 Å². The molecule has 0 aliphatic rings. The highest BCUT2D eigenvalue weighted by Crippen LogP contribution is 2.44. The lowest BCUT2D eigenvalue weighted by Crippen LogP contribution is -2.24. The van der Waals surface area contributed by atoms with E-state index in [-0.39, 0.29) is 22.9 Å². The zero-order chi connectivity index (χ0) is 45.3. The third-order valence-electron chi connectivity index (χ3n) is 12.2. The lowest BCUT2D eigenvalue weighted by Gasteiger charge is -2.32. The molecule has 8 rings (SSSR count). The molecule has 10 nitrogen and oxygen atoms in total. The Morgan fingerprint density at radius 1 is 0.562 bits per heavy atom. The van der Waals surface area contributed by atoms with E-state index in [9.17, 15) is 15.0 Å². The fourth-order valence-corrected chi connectivity index (χ4v) is 8.09. The van der Waals surface area contributed by atoms with E-state index in [1.807, 2.05) is 97.9 Å². The van der Waals surface area contributed by atoms with E-state index < -0.39 is 5.41 Å². The van der Waals surface area contributed by atoms with Gasteiger partial charge in [0.05, 0.1) is 6.61 Å². The Morgan fingerprint density at radius 2 is 1.03 bits per heavy atom. The molecule has 0 atom stereocenters. The molecule has 0 spiro atoms. The predicted octanol–water partition coefficient (Wildman–Crippen LogP) is 12.0. The van der Waals surface area contributed by atoms with Crippen molar-refractivity contribution in [1.82, 2.24) is 30.0 Å². The highest BCUT2D eigenvalue weighted by Gasteiger charge is 2.33. The maximum Gasteiger partial charge on any atom is 0.306 e. The van der Waals surface area contributed by atoms with Crippen molar-refractivity contribution in [3.8, 4) is 22.9 Å². The maximum absolute atomic E-state index is 12.1. The van der Waals surface area contributed by atoms with Crippen molar-refractivity contribution in [2.75, 3.05) is 6.61 Å². The number of hydrogen-bond donors (Lipinski definition) is 2. The molecule has 0 radical (unpaired) electrons. The van der Waals surface area contributed by atoms with Gasteiger partial charge in [0, 0.05) is 22.8 Å². The molecule has 2 heterocycles. The minimum absolute atomic E-state index is 0.143. The molecule has 2 aromatic heterocycles. The van der Waals surface area contributed by atoms with Crippen molar-refractivity contribution < 1.29 is 19.7 Å². The molecule has 0 saturated heterocycles. The highest BCUT2D eigenvalue weighted by molar-refractivity contribution is 5.75. The smallest absolute Gasteiger partial charge is 0.306 e. The summed E-state index contributed by atoms with van der Waals surface area (Å²) >= 11 is 0. The van der Waals surface area contributed by atoms with Crippen molar-refractivity contribution in [2.24, 2.45) is 0 Å². The zero-order valence-electron chi connectivity index (χ0n) is 38.0. The topological polar surface area (TPSA) is 128 Å². The first-order chi connectivity index (χ1) is 30.9. The van der Waals surface area contributed by atoms with Gasteiger partial charge in [0.25, 0.3) is 0 Å². The third-order valence-corrected chi connectivity index (χ3v) is 12.2. The second kappa shape index (κ2) is 20.1. The van der Waals surface area contributed by atoms with Crippen molar-refractivity contribution in [1.29, 1.82) is 0 Å². The molecule has 10 heteroatoms. The van der Waals surface area contributed by atoms with E-state index in [0.29, 0.717) is 30.8 Å². The summed E-state index contributed by atoms with van der Waals surface area (Å²) in [5, 5.41) is 40.4. The van der Waals surface area contributed by atoms with Gasteiger partial charge in [0.1, 0.15) is 44.9 Å². The molecule has 64 heavy (non-hydrogen) atoms. The molecular formula is C54H60N6O4. The van der Waals surface area contributed by atoms with Crippen molar-refractivity contribution in [3.05, 3.63) is 167 Å². The van der Waals surface area contributed by atoms with Crippen LogP contribution in [0.4, 0.5) is 0 Å². The van der Waals surface area contributed by atoms with E-state index in [0.717, 1.165) is 62.7 Å².